The molecule has 4 N–H and O–H groups in total. The normalized spacial score (nSPS) is 17.3. The van der Waals surface area contributed by atoms with E-state index < -0.39 is 40.8 Å². The molecule has 1 aromatic heterocycles. The van der Waals surface area contributed by atoms with Gasteiger partial charge in [-0.1, -0.05) is 96.2 Å². The average molecular weight is 713 g/mol. The summed E-state index contributed by atoms with van der Waals surface area (Å²) in [6.07, 6.45) is -0.731. The molecule has 2 atom stereocenters. The molecule has 0 bridgehead atoms. The molecule has 0 aliphatic carbocycles. The second-order valence-corrected chi connectivity index (χ2v) is 13.0. The number of carboxylic acids is 1. The Bertz CT molecular complexity index is 1860. The number of alkyl carbamates (subject to hydrolysis) is 1. The first-order valence-corrected chi connectivity index (χ1v) is 17.3. The molecule has 3 amide bonds. The molecule has 0 saturated carbocycles. The first-order valence-electron chi connectivity index (χ1n) is 15.4. The molecular weight excluding hydrogens is 681 g/mol. The Morgan fingerprint density at radius 1 is 0.980 bits per heavy atom. The van der Waals surface area contributed by atoms with Crippen molar-refractivity contribution in [3.8, 4) is 0 Å². The number of carbonyl (C=O) groups is 4. The van der Waals surface area contributed by atoms with Gasteiger partial charge < -0.3 is 30.6 Å². The predicted octanol–water partition coefficient (Wildman–Crippen LogP) is 3.99. The fourth-order valence-corrected chi connectivity index (χ4v) is 7.98. The smallest absolute Gasteiger partial charge is 0.407 e. The molecule has 6 rings (SSSR count). The number of oxime groups is 1. The van der Waals surface area contributed by atoms with Gasteiger partial charge in [-0.15, -0.1) is 23.1 Å². The maximum Gasteiger partial charge on any atom is 0.407 e. The summed E-state index contributed by atoms with van der Waals surface area (Å²) in [4.78, 5) is 61.5. The van der Waals surface area contributed by atoms with Gasteiger partial charge in [-0.05, 0) is 16.7 Å². The van der Waals surface area contributed by atoms with Crippen LogP contribution in [0.25, 0.3) is 0 Å². The minimum Gasteiger partial charge on any atom is -0.477 e. The number of aliphatic carboxylic acids is 1. The van der Waals surface area contributed by atoms with Gasteiger partial charge in [-0.25, -0.2) is 14.6 Å². The first kappa shape index (κ1) is 34.2. The number of carboxylic acid groups (broad SMARTS) is 1. The molecule has 3 aromatic carbocycles. The zero-order valence-electron chi connectivity index (χ0n) is 26.9. The van der Waals surface area contributed by atoms with Crippen molar-refractivity contribution < 1.29 is 33.9 Å². The SMILES string of the molecule is CNC(=O)OCC1=C(C(=O)O)N2C(=O)[C@@H](NC(=O)/C(=N\OC)c3csc(NC(c4ccccc4)(c4ccccc4)c4ccccc4)n3)[C@H]2SC1. The van der Waals surface area contributed by atoms with Gasteiger partial charge in [0.25, 0.3) is 11.8 Å². The van der Waals surface area contributed by atoms with E-state index in [-0.39, 0.29) is 35.0 Å². The van der Waals surface area contributed by atoms with Gasteiger partial charge in [-0.3, -0.25) is 14.5 Å². The highest BCUT2D eigenvalue weighted by Gasteiger charge is 2.54. The largest absolute Gasteiger partial charge is 0.477 e. The third-order valence-corrected chi connectivity index (χ3v) is 10.3. The number of anilines is 1. The van der Waals surface area contributed by atoms with Crippen molar-refractivity contribution in [1.82, 2.24) is 20.5 Å². The molecule has 0 spiro atoms. The number of thioether (sulfide) groups is 1. The molecule has 0 unspecified atom stereocenters. The summed E-state index contributed by atoms with van der Waals surface area (Å²) in [5, 5.41) is 24.0. The molecule has 3 heterocycles. The minimum atomic E-state index is -1.34. The van der Waals surface area contributed by atoms with Gasteiger partial charge in [0.2, 0.25) is 0 Å². The van der Waals surface area contributed by atoms with E-state index in [1.807, 2.05) is 91.0 Å². The molecule has 1 fully saturated rings. The molecule has 256 valence electrons. The van der Waals surface area contributed by atoms with E-state index in [9.17, 15) is 24.3 Å². The summed E-state index contributed by atoms with van der Waals surface area (Å²) in [5.41, 5.74) is 2.08. The number of amides is 3. The number of nitrogens with one attached hydrogen (secondary N) is 3. The van der Waals surface area contributed by atoms with Gasteiger partial charge in [0.05, 0.1) is 0 Å². The van der Waals surface area contributed by atoms with E-state index in [1.54, 1.807) is 5.38 Å². The molecule has 13 nitrogen and oxygen atoms in total. The lowest BCUT2D eigenvalue weighted by atomic mass is 9.77. The number of ether oxygens (including phenoxy) is 1. The van der Waals surface area contributed by atoms with Gasteiger partial charge >= 0.3 is 12.1 Å². The van der Waals surface area contributed by atoms with Gasteiger partial charge in [-0.2, -0.15) is 0 Å². The Balaban J connectivity index is 1.26. The van der Waals surface area contributed by atoms with E-state index in [0.717, 1.165) is 21.6 Å². The number of nitrogens with zero attached hydrogens (tertiary/aromatic N) is 3. The molecule has 0 radical (unpaired) electrons. The Morgan fingerprint density at radius 2 is 1.56 bits per heavy atom. The number of thiazole rings is 1. The maximum absolute atomic E-state index is 13.7. The van der Waals surface area contributed by atoms with Crippen molar-refractivity contribution in [2.45, 2.75) is 17.0 Å². The molecule has 50 heavy (non-hydrogen) atoms. The molecule has 2 aliphatic rings. The monoisotopic (exact) mass is 712 g/mol. The topological polar surface area (TPSA) is 172 Å². The quantitative estimate of drug-likeness (QED) is 0.0729. The second kappa shape index (κ2) is 14.8. The number of fused-ring (bicyclic) bond motifs is 1. The number of hydrogen-bond acceptors (Lipinski definition) is 11. The number of β-lactam (4-membered cyclic amide) rings is 1. The van der Waals surface area contributed by atoms with Crippen LogP contribution in [0.3, 0.4) is 0 Å². The number of aromatic nitrogens is 1. The molecule has 1 saturated heterocycles. The fourth-order valence-electron chi connectivity index (χ4n) is 5.91. The van der Waals surface area contributed by atoms with Crippen molar-refractivity contribution in [2.75, 3.05) is 31.8 Å². The minimum absolute atomic E-state index is 0.165. The van der Waals surface area contributed by atoms with Crippen molar-refractivity contribution in [3.63, 3.8) is 0 Å². The summed E-state index contributed by atoms with van der Waals surface area (Å²) < 4.78 is 5.03. The second-order valence-electron chi connectivity index (χ2n) is 11.1. The number of hydrogen-bond donors (Lipinski definition) is 4. The highest BCUT2D eigenvalue weighted by molar-refractivity contribution is 8.00. The van der Waals surface area contributed by atoms with Crippen molar-refractivity contribution in [3.05, 3.63) is 130 Å². The van der Waals surface area contributed by atoms with Crippen LogP contribution in [0.5, 0.6) is 0 Å². The molecule has 15 heteroatoms. The third kappa shape index (κ3) is 6.52. The van der Waals surface area contributed by atoms with Crippen LogP contribution < -0.4 is 16.0 Å². The van der Waals surface area contributed by atoms with Crippen LogP contribution in [0.2, 0.25) is 0 Å². The van der Waals surface area contributed by atoms with Crippen LogP contribution >= 0.6 is 23.1 Å². The zero-order chi connectivity index (χ0) is 35.3. The Labute approximate surface area is 295 Å². The van der Waals surface area contributed by atoms with Crippen LogP contribution in [0.1, 0.15) is 22.4 Å². The lowest BCUT2D eigenvalue weighted by Crippen LogP contribution is -2.71. The van der Waals surface area contributed by atoms with Gasteiger partial charge in [0.1, 0.15) is 42.1 Å². The van der Waals surface area contributed by atoms with Crippen molar-refractivity contribution in [1.29, 1.82) is 0 Å². The Hall–Kier alpha value is -5.67. The predicted molar refractivity (Wildman–Crippen MR) is 189 cm³/mol. The summed E-state index contributed by atoms with van der Waals surface area (Å²) in [7, 11) is 2.67. The van der Waals surface area contributed by atoms with Crippen LogP contribution in [-0.2, 0) is 29.5 Å². The van der Waals surface area contributed by atoms with Crippen LogP contribution in [-0.4, -0.2) is 82.5 Å². The van der Waals surface area contributed by atoms with Crippen LogP contribution in [0.4, 0.5) is 9.93 Å². The lowest BCUT2D eigenvalue weighted by molar-refractivity contribution is -0.150. The Morgan fingerprint density at radius 3 is 2.08 bits per heavy atom. The maximum atomic E-state index is 13.7. The summed E-state index contributed by atoms with van der Waals surface area (Å²) in [6, 6.07) is 28.9. The van der Waals surface area contributed by atoms with Crippen LogP contribution in [0.15, 0.2) is 113 Å². The molecule has 2 aliphatic heterocycles. The Kier molecular flexibility index (Phi) is 10.2. The van der Waals surface area contributed by atoms with Gasteiger partial charge in [0.15, 0.2) is 10.8 Å². The van der Waals surface area contributed by atoms with Gasteiger partial charge in [0, 0.05) is 23.8 Å². The fraction of sp³-hybridized carbons (Fsp3) is 0.200. The number of carbonyl (C=O) groups excluding carboxylic acids is 3. The zero-order valence-corrected chi connectivity index (χ0v) is 28.5. The number of benzene rings is 3. The highest BCUT2D eigenvalue weighted by Crippen LogP contribution is 2.42. The highest BCUT2D eigenvalue weighted by atomic mass is 32.2. The average Bonchev–Trinajstić information content (AvgIpc) is 3.62. The number of rotatable bonds is 12. The first-order chi connectivity index (χ1) is 24.3. The van der Waals surface area contributed by atoms with E-state index in [0.29, 0.717) is 5.13 Å². The van der Waals surface area contributed by atoms with E-state index in [2.05, 4.69) is 21.1 Å². The van der Waals surface area contributed by atoms with Crippen molar-refractivity contribution >= 4 is 57.8 Å². The van der Waals surface area contributed by atoms with Crippen molar-refractivity contribution in [2.24, 2.45) is 5.16 Å². The standard InChI is InChI=1S/C35H32N6O7S2/c1-36-34(46)48-18-21-19-49-31-27(30(43)41(31)28(21)32(44)45)38-29(42)26(40-47-2)25-20-50-33(37-25)39-35(22-12-6-3-7-13-22,23-14-8-4-9-15-23)24-16-10-5-11-17-24/h3-17,20,27,31H,18-19H2,1-2H3,(H,36,46)(H,37,39)(H,38,42)(H,44,45)/b40-26-/t27-,31-/m1/s1. The molecule has 4 aromatic rings. The molecular formula is C35H32N6O7S2. The third-order valence-electron chi connectivity index (χ3n) is 8.18. The van der Waals surface area contributed by atoms with Crippen LogP contribution in [0, 0.1) is 0 Å². The lowest BCUT2D eigenvalue weighted by Gasteiger charge is -2.49. The summed E-state index contributed by atoms with van der Waals surface area (Å²) in [5.74, 6) is -2.52. The van der Waals surface area contributed by atoms with E-state index >= 15 is 0 Å². The summed E-state index contributed by atoms with van der Waals surface area (Å²) in [6.45, 7) is -0.299. The summed E-state index contributed by atoms with van der Waals surface area (Å²) >= 11 is 2.51. The van der Waals surface area contributed by atoms with E-state index in [1.165, 1.54) is 37.3 Å². The van der Waals surface area contributed by atoms with E-state index in [4.69, 9.17) is 14.6 Å².